The van der Waals surface area contributed by atoms with Crippen LogP contribution in [0.3, 0.4) is 0 Å². The highest BCUT2D eigenvalue weighted by Crippen LogP contribution is 2.61. The molecule has 5 rings (SSSR count). The van der Waals surface area contributed by atoms with Gasteiger partial charge in [0.05, 0.1) is 23.2 Å². The Kier molecular flexibility index (Phi) is 8.61. The summed E-state index contributed by atoms with van der Waals surface area (Å²) in [6, 6.07) is 6.88. The van der Waals surface area contributed by atoms with Crippen LogP contribution in [0.2, 0.25) is 0 Å². The van der Waals surface area contributed by atoms with Crippen molar-refractivity contribution in [2.24, 2.45) is 11.8 Å². The van der Waals surface area contributed by atoms with E-state index in [-0.39, 0.29) is 35.6 Å². The fourth-order valence-corrected chi connectivity index (χ4v) is 8.73. The van der Waals surface area contributed by atoms with E-state index >= 15 is 0 Å². The van der Waals surface area contributed by atoms with E-state index in [4.69, 9.17) is 9.84 Å². The van der Waals surface area contributed by atoms with Crippen molar-refractivity contribution in [1.82, 2.24) is 9.80 Å². The molecule has 4 aliphatic rings. The molecule has 40 heavy (non-hydrogen) atoms. The molecular formula is C31H41N3O5S. The Balaban J connectivity index is 1.49. The van der Waals surface area contributed by atoms with Gasteiger partial charge in [0.25, 0.3) is 0 Å². The number of aliphatic hydroxyl groups excluding tert-OH is 1. The van der Waals surface area contributed by atoms with Crippen LogP contribution in [0.15, 0.2) is 48.6 Å². The predicted octanol–water partition coefficient (Wildman–Crippen LogP) is 3.65. The molecule has 0 radical (unpaired) electrons. The number of nitrogens with zero attached hydrogens (tertiary/aromatic N) is 3. The lowest BCUT2D eigenvalue weighted by molar-refractivity contribution is -0.143. The van der Waals surface area contributed by atoms with E-state index in [0.717, 1.165) is 37.1 Å². The lowest BCUT2D eigenvalue weighted by Crippen LogP contribution is -2.54. The summed E-state index contributed by atoms with van der Waals surface area (Å²) >= 11 is 1.62. The summed E-state index contributed by atoms with van der Waals surface area (Å²) in [6.45, 7) is 8.07. The van der Waals surface area contributed by atoms with Gasteiger partial charge in [-0.1, -0.05) is 37.1 Å². The molecule has 4 aliphatic heterocycles. The van der Waals surface area contributed by atoms with E-state index in [2.05, 4.69) is 12.2 Å². The number of hydrogen-bond acceptors (Lipinski definition) is 6. The maximum Gasteiger partial charge on any atom is 0.247 e. The third-order valence-corrected chi connectivity index (χ3v) is 10.3. The van der Waals surface area contributed by atoms with Crippen LogP contribution in [0.1, 0.15) is 46.5 Å². The molecule has 9 heteroatoms. The van der Waals surface area contributed by atoms with Gasteiger partial charge in [0.15, 0.2) is 0 Å². The lowest BCUT2D eigenvalue weighted by Gasteiger charge is -2.36. The Bertz CT molecular complexity index is 1170. The van der Waals surface area contributed by atoms with Crippen LogP contribution < -0.4 is 9.64 Å². The summed E-state index contributed by atoms with van der Waals surface area (Å²) in [5.74, 6) is -0.625. The molecule has 5 atom stereocenters. The molecule has 1 N–H and O–H groups in total. The topological polar surface area (TPSA) is 90.4 Å². The first-order valence-electron chi connectivity index (χ1n) is 14.6. The zero-order valence-corrected chi connectivity index (χ0v) is 24.5. The van der Waals surface area contributed by atoms with Crippen molar-refractivity contribution >= 4 is 35.2 Å². The number of amides is 3. The van der Waals surface area contributed by atoms with Gasteiger partial charge in [-0.3, -0.25) is 14.4 Å². The van der Waals surface area contributed by atoms with Gasteiger partial charge in [-0.05, 0) is 57.9 Å². The summed E-state index contributed by atoms with van der Waals surface area (Å²) < 4.78 is 4.79. The van der Waals surface area contributed by atoms with Crippen molar-refractivity contribution in [3.05, 3.63) is 48.6 Å². The summed E-state index contributed by atoms with van der Waals surface area (Å²) in [5.41, 5.74) is 0.769. The Morgan fingerprint density at radius 3 is 2.45 bits per heavy atom. The van der Waals surface area contributed by atoms with Crippen molar-refractivity contribution in [2.75, 3.05) is 37.7 Å². The Labute approximate surface area is 241 Å². The number of likely N-dealkylation sites (tertiary alicyclic amines) is 1. The number of ether oxygens (including phenoxy) is 1. The standard InChI is InChI=1S/C31H41N3O5S/c1-4-39-23-14-12-22(13-15-23)33-18-9-11-24-25(28(33)36)26-29(37)34(17-7-5-6-8-20-35)27-30(38)32(21(2)3)19-10-16-31(26,27)40-24/h9-16,21,24-27,35H,4-8,17-20H2,1-3H3/t24-,25+,26+,27?,31+/m1/s1. The first kappa shape index (κ1) is 28.7. The Morgan fingerprint density at radius 1 is 1.00 bits per heavy atom. The second-order valence-electron chi connectivity index (χ2n) is 11.3. The molecule has 1 aromatic carbocycles. The van der Waals surface area contributed by atoms with Crippen molar-refractivity contribution in [3.8, 4) is 5.75 Å². The molecule has 0 aliphatic carbocycles. The normalized spacial score (nSPS) is 29.5. The minimum atomic E-state index is -0.792. The number of anilines is 1. The largest absolute Gasteiger partial charge is 0.494 e. The summed E-state index contributed by atoms with van der Waals surface area (Å²) in [7, 11) is 0. The number of benzene rings is 1. The maximum absolute atomic E-state index is 14.3. The molecule has 8 nitrogen and oxygen atoms in total. The zero-order valence-electron chi connectivity index (χ0n) is 23.7. The molecule has 1 aromatic rings. The molecule has 0 bridgehead atoms. The number of unbranched alkanes of at least 4 members (excludes halogenated alkanes) is 3. The van der Waals surface area contributed by atoms with Crippen molar-refractivity contribution in [2.45, 2.75) is 68.5 Å². The molecule has 0 saturated carbocycles. The number of aliphatic hydroxyl groups is 1. The van der Waals surface area contributed by atoms with E-state index in [9.17, 15) is 14.4 Å². The molecule has 1 unspecified atom stereocenters. The average molecular weight is 568 g/mol. The highest BCUT2D eigenvalue weighted by Gasteiger charge is 2.71. The molecular weight excluding hydrogens is 526 g/mol. The lowest BCUT2D eigenvalue weighted by atomic mass is 9.78. The Hall–Kier alpha value is -2.78. The van der Waals surface area contributed by atoms with Gasteiger partial charge in [0.1, 0.15) is 11.8 Å². The van der Waals surface area contributed by atoms with Crippen molar-refractivity contribution < 1.29 is 24.2 Å². The van der Waals surface area contributed by atoms with Gasteiger partial charge < -0.3 is 24.5 Å². The van der Waals surface area contributed by atoms with Gasteiger partial charge in [-0.15, -0.1) is 11.8 Å². The van der Waals surface area contributed by atoms with Crippen molar-refractivity contribution in [3.63, 3.8) is 0 Å². The fraction of sp³-hybridized carbons (Fsp3) is 0.581. The van der Waals surface area contributed by atoms with Crippen LogP contribution in [0, 0.1) is 11.8 Å². The number of thioether (sulfide) groups is 1. The number of hydrogen-bond donors (Lipinski definition) is 1. The third-order valence-electron chi connectivity index (χ3n) is 8.58. The third kappa shape index (κ3) is 4.96. The summed E-state index contributed by atoms with van der Waals surface area (Å²) in [4.78, 5) is 48.2. The maximum atomic E-state index is 14.3. The summed E-state index contributed by atoms with van der Waals surface area (Å²) in [6.07, 6.45) is 11.4. The predicted molar refractivity (Wildman–Crippen MR) is 157 cm³/mol. The van der Waals surface area contributed by atoms with Crippen LogP contribution in [-0.2, 0) is 14.4 Å². The molecule has 0 aromatic heterocycles. The minimum absolute atomic E-state index is 0.00131. The van der Waals surface area contributed by atoms with Gasteiger partial charge in [-0.25, -0.2) is 0 Å². The highest BCUT2D eigenvalue weighted by atomic mass is 32.2. The number of fused-ring (bicyclic) bond motifs is 2. The second kappa shape index (κ2) is 12.0. The van der Waals surface area contributed by atoms with E-state index < -0.39 is 22.6 Å². The van der Waals surface area contributed by atoms with E-state index in [1.807, 2.05) is 62.1 Å². The van der Waals surface area contributed by atoms with Crippen LogP contribution in [-0.4, -0.2) is 87.6 Å². The van der Waals surface area contributed by atoms with E-state index in [1.165, 1.54) is 0 Å². The first-order valence-corrected chi connectivity index (χ1v) is 15.5. The van der Waals surface area contributed by atoms with Gasteiger partial charge in [0, 0.05) is 43.2 Å². The van der Waals surface area contributed by atoms with Crippen molar-refractivity contribution in [1.29, 1.82) is 0 Å². The average Bonchev–Trinajstić information content (AvgIpc) is 3.24. The second-order valence-corrected chi connectivity index (χ2v) is 12.8. The highest BCUT2D eigenvalue weighted by molar-refractivity contribution is 8.02. The SMILES string of the molecule is CCOc1ccc(N2CC=C[C@H]3S[C@]45C=CCN(C(C)C)C(=O)C4N(CCCCCCO)C(=O)[C@@H]5[C@H]3C2=O)cc1. The van der Waals surface area contributed by atoms with E-state index in [1.54, 1.807) is 21.6 Å². The van der Waals surface area contributed by atoms with Crippen LogP contribution >= 0.6 is 11.8 Å². The Morgan fingerprint density at radius 2 is 1.75 bits per heavy atom. The minimum Gasteiger partial charge on any atom is -0.494 e. The van der Waals surface area contributed by atoms with Gasteiger partial charge in [0.2, 0.25) is 17.7 Å². The van der Waals surface area contributed by atoms with E-state index in [0.29, 0.717) is 26.2 Å². The molecule has 3 amide bonds. The fourth-order valence-electron chi connectivity index (χ4n) is 6.73. The quantitative estimate of drug-likeness (QED) is 0.343. The van der Waals surface area contributed by atoms with Crippen LogP contribution in [0.4, 0.5) is 5.69 Å². The molecule has 216 valence electrons. The molecule has 1 spiro atoms. The molecule has 2 saturated heterocycles. The monoisotopic (exact) mass is 567 g/mol. The first-order chi connectivity index (χ1) is 19.3. The van der Waals surface area contributed by atoms with Gasteiger partial charge in [-0.2, -0.15) is 0 Å². The van der Waals surface area contributed by atoms with Crippen LogP contribution in [0.5, 0.6) is 5.75 Å². The number of carbonyl (C=O) groups excluding carboxylic acids is 3. The molecule has 2 fully saturated rings. The zero-order chi connectivity index (χ0) is 28.4. The summed E-state index contributed by atoms with van der Waals surface area (Å²) in [5, 5.41) is 8.97. The number of rotatable bonds is 10. The number of carbonyl (C=O) groups is 3. The smallest absolute Gasteiger partial charge is 0.247 e. The van der Waals surface area contributed by atoms with Gasteiger partial charge >= 0.3 is 0 Å². The van der Waals surface area contributed by atoms with Crippen LogP contribution in [0.25, 0.3) is 0 Å². The molecule has 4 heterocycles.